The Kier molecular flexibility index (Phi) is 15.5. The zero-order valence-electron chi connectivity index (χ0n) is 40.9. The Morgan fingerprint density at radius 3 is 2.39 bits per heavy atom. The molecule has 2 aliphatic heterocycles. The van der Waals surface area contributed by atoms with Crippen molar-refractivity contribution < 1.29 is 8.78 Å². The van der Waals surface area contributed by atoms with Gasteiger partial charge in [-0.25, -0.2) is 8.78 Å². The van der Waals surface area contributed by atoms with Crippen LogP contribution in [0, 0.1) is 17.6 Å². The number of aryl methyl sites for hydroxylation is 2. The quantitative estimate of drug-likeness (QED) is 0.0805. The Balaban J connectivity index is 0.822. The second kappa shape index (κ2) is 21.3. The highest BCUT2D eigenvalue weighted by Gasteiger charge is 2.47. The van der Waals surface area contributed by atoms with Crippen LogP contribution >= 0.6 is 11.6 Å². The summed E-state index contributed by atoms with van der Waals surface area (Å²) in [7, 11) is 4.22. The first-order valence-electron chi connectivity index (χ1n) is 25.2. The van der Waals surface area contributed by atoms with E-state index < -0.39 is 17.0 Å². The highest BCUT2D eigenvalue weighted by atomic mass is 35.5. The molecule has 0 saturated carbocycles. The van der Waals surface area contributed by atoms with Crippen LogP contribution in [0.15, 0.2) is 85.6 Å². The van der Waals surface area contributed by atoms with E-state index in [1.165, 1.54) is 73.0 Å². The minimum absolute atomic E-state index is 0.0711. The minimum Gasteiger partial charge on any atom is -0.399 e. The van der Waals surface area contributed by atoms with Crippen LogP contribution in [-0.4, -0.2) is 79.0 Å². The molecule has 358 valence electrons. The van der Waals surface area contributed by atoms with Crippen molar-refractivity contribution in [3.8, 4) is 11.1 Å². The van der Waals surface area contributed by atoms with E-state index in [2.05, 4.69) is 108 Å². The summed E-state index contributed by atoms with van der Waals surface area (Å²) >= 11 is 6.89. The molecule has 4 aromatic carbocycles. The topological polar surface area (TPSA) is 65.6 Å². The molecule has 67 heavy (non-hydrogen) atoms. The summed E-state index contributed by atoms with van der Waals surface area (Å²) in [5.74, 6) is 1.38. The molecule has 10 heteroatoms. The molecular formula is C57H74ClF2N7. The molecule has 2 atom stereocenters. The van der Waals surface area contributed by atoms with Crippen molar-refractivity contribution in [2.24, 2.45) is 18.7 Å². The number of hydrogen-bond donors (Lipinski definition) is 2. The van der Waals surface area contributed by atoms with Crippen molar-refractivity contribution in [3.63, 3.8) is 0 Å². The number of rotatable bonds is 19. The summed E-state index contributed by atoms with van der Waals surface area (Å²) in [4.78, 5) is 7.53. The third-order valence-corrected chi connectivity index (χ3v) is 16.1. The van der Waals surface area contributed by atoms with E-state index in [9.17, 15) is 0 Å². The predicted molar refractivity (Wildman–Crippen MR) is 277 cm³/mol. The molecule has 3 aliphatic rings. The predicted octanol–water partition coefficient (Wildman–Crippen LogP) is 12.4. The maximum Gasteiger partial charge on any atom is 0.158 e. The van der Waals surface area contributed by atoms with E-state index in [-0.39, 0.29) is 22.2 Å². The van der Waals surface area contributed by atoms with Gasteiger partial charge in [0.1, 0.15) is 11.6 Å². The van der Waals surface area contributed by atoms with Crippen molar-refractivity contribution in [1.29, 1.82) is 0 Å². The van der Waals surface area contributed by atoms with Crippen LogP contribution in [0.2, 0.25) is 5.02 Å². The first-order chi connectivity index (χ1) is 32.3. The van der Waals surface area contributed by atoms with Crippen molar-refractivity contribution >= 4 is 34.0 Å². The minimum atomic E-state index is -0.547. The maximum atomic E-state index is 16.6. The molecule has 0 spiro atoms. The molecular weight excluding hydrogens is 856 g/mol. The summed E-state index contributed by atoms with van der Waals surface area (Å²) in [5.41, 5.74) is 14.6. The van der Waals surface area contributed by atoms with E-state index in [1.807, 2.05) is 13.0 Å². The van der Waals surface area contributed by atoms with Crippen molar-refractivity contribution in [1.82, 2.24) is 24.9 Å². The van der Waals surface area contributed by atoms with E-state index in [1.54, 1.807) is 18.2 Å². The number of anilines is 1. The highest BCUT2D eigenvalue weighted by molar-refractivity contribution is 6.34. The largest absolute Gasteiger partial charge is 0.399 e. The summed E-state index contributed by atoms with van der Waals surface area (Å²) in [6.45, 7) is 23.2. The average Bonchev–Trinajstić information content (AvgIpc) is 3.81. The number of halogens is 3. The smallest absolute Gasteiger partial charge is 0.158 e. The number of nitrogens with two attached hydrogens (primary N) is 1. The summed E-state index contributed by atoms with van der Waals surface area (Å²) < 4.78 is 34.6. The number of benzene rings is 4. The lowest BCUT2D eigenvalue weighted by atomic mass is 9.70. The fourth-order valence-electron chi connectivity index (χ4n) is 11.9. The molecule has 0 radical (unpaired) electrons. The van der Waals surface area contributed by atoms with Crippen LogP contribution < -0.4 is 16.0 Å². The zero-order valence-corrected chi connectivity index (χ0v) is 41.6. The molecule has 8 rings (SSSR count). The van der Waals surface area contributed by atoms with Gasteiger partial charge in [0.15, 0.2) is 5.82 Å². The lowest BCUT2D eigenvalue weighted by molar-refractivity contribution is 0.140. The van der Waals surface area contributed by atoms with Gasteiger partial charge < -0.3 is 25.8 Å². The Hall–Kier alpha value is -4.70. The highest BCUT2D eigenvalue weighted by Crippen LogP contribution is 2.55. The van der Waals surface area contributed by atoms with Gasteiger partial charge in [-0.05, 0) is 148 Å². The van der Waals surface area contributed by atoms with Crippen molar-refractivity contribution in [2.45, 2.75) is 109 Å². The van der Waals surface area contributed by atoms with Gasteiger partial charge in [-0.1, -0.05) is 100 Å². The number of hydrogen-bond acceptors (Lipinski definition) is 6. The third-order valence-electron chi connectivity index (χ3n) is 15.7. The van der Waals surface area contributed by atoms with Crippen LogP contribution in [0.1, 0.15) is 124 Å². The second-order valence-corrected chi connectivity index (χ2v) is 20.5. The van der Waals surface area contributed by atoms with Crippen LogP contribution in [0.4, 0.5) is 14.6 Å². The molecule has 0 bridgehead atoms. The number of piperidine rings is 2. The first kappa shape index (κ1) is 48.7. The third kappa shape index (κ3) is 10.1. The summed E-state index contributed by atoms with van der Waals surface area (Å²) in [5, 5.41) is 9.87. The average molecular weight is 931 g/mol. The molecule has 3 heterocycles. The summed E-state index contributed by atoms with van der Waals surface area (Å²) in [6.07, 6.45) is 11.0. The standard InChI is InChI=1S/C57H74ClF2N7/c1-8-15-43-19-21-47(40(5)61)52(55(43)60)53-51-39(4)57(46-17-11-10-12-18-46,35-45(51)33-49(59)54(53)58)37-62-27-14-13-16-38(3)67-31-23-41(24-32-67)36-66-29-25-42(26-30-66)44-20-22-48-50(34-44)65(7)63-56(48)64(6)28-9-2/h10-12,17-22,33-34,39,41-42,62H,3,5,8-9,13-16,23-32,35-37,61H2,1-2,4,6-7H3. The molecule has 3 N–H and O–H groups in total. The summed E-state index contributed by atoms with van der Waals surface area (Å²) in [6, 6.07) is 22.7. The van der Waals surface area contributed by atoms with Gasteiger partial charge >= 0.3 is 0 Å². The van der Waals surface area contributed by atoms with Gasteiger partial charge in [0.05, 0.1) is 10.5 Å². The van der Waals surface area contributed by atoms with Crippen LogP contribution in [0.25, 0.3) is 27.7 Å². The van der Waals surface area contributed by atoms with Gasteiger partial charge in [0, 0.05) is 85.7 Å². The number of nitrogens with one attached hydrogen (secondary N) is 1. The molecule has 0 amide bonds. The Bertz CT molecular complexity index is 2540. The van der Waals surface area contributed by atoms with E-state index in [4.69, 9.17) is 22.4 Å². The van der Waals surface area contributed by atoms with Gasteiger partial charge in [-0.2, -0.15) is 5.10 Å². The second-order valence-electron chi connectivity index (χ2n) is 20.1. The monoisotopic (exact) mass is 930 g/mol. The zero-order chi connectivity index (χ0) is 47.4. The number of likely N-dealkylation sites (tertiary alicyclic amines) is 2. The van der Waals surface area contributed by atoms with E-state index in [0.29, 0.717) is 42.0 Å². The molecule has 1 aromatic heterocycles. The molecule has 1 aliphatic carbocycles. The van der Waals surface area contributed by atoms with Gasteiger partial charge in [-0.3, -0.25) is 4.68 Å². The van der Waals surface area contributed by atoms with E-state index in [0.717, 1.165) is 81.1 Å². The van der Waals surface area contributed by atoms with Gasteiger partial charge in [-0.15, -0.1) is 0 Å². The number of fused-ring (bicyclic) bond motifs is 2. The van der Waals surface area contributed by atoms with Crippen molar-refractivity contribution in [2.75, 3.05) is 64.3 Å². The first-order valence-corrected chi connectivity index (χ1v) is 25.6. The molecule has 7 nitrogen and oxygen atoms in total. The van der Waals surface area contributed by atoms with Gasteiger partial charge in [0.2, 0.25) is 0 Å². The fourth-order valence-corrected chi connectivity index (χ4v) is 12.2. The van der Waals surface area contributed by atoms with E-state index >= 15 is 8.78 Å². The molecule has 2 saturated heterocycles. The number of allylic oxidation sites excluding steroid dienone is 1. The lowest BCUT2D eigenvalue weighted by Crippen LogP contribution is -2.41. The SMILES string of the molecule is C=C(N)c1ccc(CCC)c(F)c1-c1c(Cl)c(F)cc2c1C(C)C(CNCCCCC(=C)N1CCC(CN3CCC(c4ccc5c(N(C)CCC)nn(C)c5c4)CC3)CC1)(c1ccccc1)C2. The number of nitrogens with zero attached hydrogens (tertiary/aromatic N) is 5. The van der Waals surface area contributed by atoms with Crippen LogP contribution in [-0.2, 0) is 25.3 Å². The van der Waals surface area contributed by atoms with Gasteiger partial charge in [0.25, 0.3) is 0 Å². The molecule has 5 aromatic rings. The Morgan fingerprint density at radius 2 is 1.69 bits per heavy atom. The molecule has 2 fully saturated rings. The normalized spacial score (nSPS) is 19.3. The Morgan fingerprint density at radius 1 is 0.940 bits per heavy atom. The van der Waals surface area contributed by atoms with Crippen LogP contribution in [0.5, 0.6) is 0 Å². The maximum absolute atomic E-state index is 16.6. The number of aromatic nitrogens is 2. The number of unbranched alkanes of at least 4 members (excludes halogenated alkanes) is 1. The van der Waals surface area contributed by atoms with Crippen LogP contribution in [0.3, 0.4) is 0 Å². The fraction of sp³-hybridized carbons (Fsp3) is 0.491. The molecule has 2 unspecified atom stereocenters. The van der Waals surface area contributed by atoms with Crippen molar-refractivity contribution in [3.05, 3.63) is 136 Å². The Labute approximate surface area is 404 Å². The lowest BCUT2D eigenvalue weighted by Gasteiger charge is -2.39.